The monoisotopic (exact) mass is 336 g/mol. The van der Waals surface area contributed by atoms with Crippen LogP contribution in [0.1, 0.15) is 26.7 Å². The molecule has 2 N–H and O–H groups in total. The Bertz CT molecular complexity index is 493. The highest BCUT2D eigenvalue weighted by Gasteiger charge is 2.17. The average Bonchev–Trinajstić information content (AvgIpc) is 2.41. The first-order valence-corrected chi connectivity index (χ1v) is 7.28. The van der Waals surface area contributed by atoms with E-state index >= 15 is 0 Å². The molecule has 1 rings (SSSR count). The van der Waals surface area contributed by atoms with Crippen LogP contribution in [0.25, 0.3) is 0 Å². The summed E-state index contributed by atoms with van der Waals surface area (Å²) < 4.78 is 0. The molecule has 1 aromatic rings. The summed E-state index contributed by atoms with van der Waals surface area (Å²) in [5.74, 6) is -1.47. The molecule has 0 aromatic heterocycles. The highest BCUT2D eigenvalue weighted by molar-refractivity contribution is 6.48. The van der Waals surface area contributed by atoms with Crippen LogP contribution in [0.3, 0.4) is 0 Å². The number of amides is 2. The Morgan fingerprint density at radius 2 is 1.55 bits per heavy atom. The van der Waals surface area contributed by atoms with Crippen LogP contribution in [0.4, 0.5) is 5.69 Å². The average molecular weight is 338 g/mol. The van der Waals surface area contributed by atoms with E-state index in [0.717, 1.165) is 12.8 Å². The second kappa shape index (κ2) is 7.72. The summed E-state index contributed by atoms with van der Waals surface area (Å²) in [6.07, 6.45) is 1.52. The highest BCUT2D eigenvalue weighted by atomic mass is 35.5. The zero-order valence-electron chi connectivity index (χ0n) is 11.1. The number of hydrogen-bond donors (Lipinski definition) is 2. The van der Waals surface area contributed by atoms with Gasteiger partial charge in [-0.15, -0.1) is 0 Å². The van der Waals surface area contributed by atoms with Crippen LogP contribution in [0.5, 0.6) is 0 Å². The molecule has 0 atom stereocenters. The van der Waals surface area contributed by atoms with Crippen molar-refractivity contribution in [3.05, 3.63) is 27.2 Å². The van der Waals surface area contributed by atoms with Crippen molar-refractivity contribution in [1.29, 1.82) is 0 Å². The number of benzene rings is 1. The molecule has 0 spiro atoms. The van der Waals surface area contributed by atoms with Crippen molar-refractivity contribution < 1.29 is 9.59 Å². The van der Waals surface area contributed by atoms with E-state index in [2.05, 4.69) is 10.6 Å². The van der Waals surface area contributed by atoms with E-state index in [9.17, 15) is 9.59 Å². The number of rotatable bonds is 4. The van der Waals surface area contributed by atoms with Gasteiger partial charge in [0.1, 0.15) is 0 Å². The van der Waals surface area contributed by atoms with Gasteiger partial charge in [-0.25, -0.2) is 0 Å². The van der Waals surface area contributed by atoms with Gasteiger partial charge in [-0.1, -0.05) is 48.7 Å². The Labute approximate surface area is 132 Å². The Kier molecular flexibility index (Phi) is 6.59. The van der Waals surface area contributed by atoms with Gasteiger partial charge in [0.25, 0.3) is 0 Å². The van der Waals surface area contributed by atoms with E-state index in [1.54, 1.807) is 0 Å². The molecule has 110 valence electrons. The summed E-state index contributed by atoms with van der Waals surface area (Å²) in [6, 6.07) is 2.83. The fraction of sp³-hybridized carbons (Fsp3) is 0.385. The first-order chi connectivity index (χ1) is 9.38. The van der Waals surface area contributed by atoms with E-state index in [0.29, 0.717) is 5.69 Å². The number of hydrogen-bond acceptors (Lipinski definition) is 2. The molecule has 0 radical (unpaired) electrons. The van der Waals surface area contributed by atoms with E-state index in [1.165, 1.54) is 12.1 Å². The van der Waals surface area contributed by atoms with E-state index in [4.69, 9.17) is 34.8 Å². The zero-order chi connectivity index (χ0) is 15.3. The van der Waals surface area contributed by atoms with E-state index < -0.39 is 11.8 Å². The molecule has 2 amide bonds. The smallest absolute Gasteiger partial charge is 0.313 e. The largest absolute Gasteiger partial charge is 0.345 e. The molecule has 0 fully saturated rings. The maximum Gasteiger partial charge on any atom is 0.313 e. The van der Waals surface area contributed by atoms with Crippen molar-refractivity contribution in [1.82, 2.24) is 5.32 Å². The number of carbonyl (C=O) groups is 2. The van der Waals surface area contributed by atoms with Gasteiger partial charge in [0.15, 0.2) is 0 Å². The van der Waals surface area contributed by atoms with Gasteiger partial charge in [-0.2, -0.15) is 0 Å². The van der Waals surface area contributed by atoms with Crippen LogP contribution in [0.2, 0.25) is 15.1 Å². The molecule has 0 bridgehead atoms. The van der Waals surface area contributed by atoms with Gasteiger partial charge in [-0.3, -0.25) is 9.59 Å². The van der Waals surface area contributed by atoms with Gasteiger partial charge in [-0.05, 0) is 25.0 Å². The third-order valence-corrected chi connectivity index (χ3v) is 3.97. The minimum absolute atomic E-state index is 0.0226. The summed E-state index contributed by atoms with van der Waals surface area (Å²) in [5.41, 5.74) is 0.314. The lowest BCUT2D eigenvalue weighted by Crippen LogP contribution is -2.41. The minimum Gasteiger partial charge on any atom is -0.345 e. The van der Waals surface area contributed by atoms with Gasteiger partial charge in [0.2, 0.25) is 0 Å². The lowest BCUT2D eigenvalue weighted by Gasteiger charge is -2.14. The Morgan fingerprint density at radius 1 is 1.05 bits per heavy atom. The van der Waals surface area contributed by atoms with Crippen LogP contribution >= 0.6 is 34.8 Å². The van der Waals surface area contributed by atoms with Crippen LogP contribution < -0.4 is 10.6 Å². The molecular weight excluding hydrogens is 323 g/mol. The van der Waals surface area contributed by atoms with Crippen LogP contribution in [-0.4, -0.2) is 17.9 Å². The molecule has 0 saturated heterocycles. The maximum absolute atomic E-state index is 11.7. The third-order valence-electron chi connectivity index (χ3n) is 2.77. The lowest BCUT2D eigenvalue weighted by atomic mass is 10.2. The van der Waals surface area contributed by atoms with E-state index in [1.807, 2.05) is 13.8 Å². The topological polar surface area (TPSA) is 58.2 Å². The standard InChI is InChI=1S/C13H15Cl3N2O2/c1-3-7(4-2)17-12(19)13(20)18-8-5-9(14)11(16)10(15)6-8/h5-7H,3-4H2,1-2H3,(H,17,19)(H,18,20). The summed E-state index contributed by atoms with van der Waals surface area (Å²) in [7, 11) is 0. The van der Waals surface area contributed by atoms with Crippen molar-refractivity contribution >= 4 is 52.3 Å². The molecule has 0 saturated carbocycles. The fourth-order valence-electron chi connectivity index (χ4n) is 1.56. The molecule has 0 unspecified atom stereocenters. The Hall–Kier alpha value is -0.970. The van der Waals surface area contributed by atoms with Crippen molar-refractivity contribution in [2.24, 2.45) is 0 Å². The maximum atomic E-state index is 11.7. The van der Waals surface area contributed by atoms with Gasteiger partial charge in [0.05, 0.1) is 15.1 Å². The fourth-order valence-corrected chi connectivity index (χ4v) is 2.16. The van der Waals surface area contributed by atoms with Crippen molar-refractivity contribution in [2.75, 3.05) is 5.32 Å². The second-order valence-corrected chi connectivity index (χ2v) is 5.39. The third kappa shape index (κ3) is 4.54. The Balaban J connectivity index is 2.73. The number of halogens is 3. The SMILES string of the molecule is CCC(CC)NC(=O)C(=O)Nc1cc(Cl)c(Cl)c(Cl)c1. The quantitative estimate of drug-likeness (QED) is 0.647. The first-order valence-electron chi connectivity index (χ1n) is 6.15. The molecule has 0 aliphatic carbocycles. The predicted molar refractivity (Wildman–Crippen MR) is 82.6 cm³/mol. The predicted octanol–water partition coefficient (Wildman–Crippen LogP) is 3.89. The normalized spacial score (nSPS) is 10.5. The molecule has 0 heterocycles. The number of nitrogens with one attached hydrogen (secondary N) is 2. The number of carbonyl (C=O) groups excluding carboxylic acids is 2. The highest BCUT2D eigenvalue weighted by Crippen LogP contribution is 2.33. The van der Waals surface area contributed by atoms with Crippen LogP contribution in [-0.2, 0) is 9.59 Å². The molecule has 1 aromatic carbocycles. The molecule has 7 heteroatoms. The molecule has 0 aliphatic heterocycles. The first kappa shape index (κ1) is 17.1. The molecule has 0 aliphatic rings. The zero-order valence-corrected chi connectivity index (χ0v) is 13.4. The summed E-state index contributed by atoms with van der Waals surface area (Å²) in [5, 5.41) is 5.67. The molecule has 20 heavy (non-hydrogen) atoms. The second-order valence-electron chi connectivity index (χ2n) is 4.19. The van der Waals surface area contributed by atoms with Crippen molar-refractivity contribution in [2.45, 2.75) is 32.7 Å². The summed E-state index contributed by atoms with van der Waals surface area (Å²) in [4.78, 5) is 23.4. The number of anilines is 1. The molecule has 4 nitrogen and oxygen atoms in total. The minimum atomic E-state index is -0.772. The van der Waals surface area contributed by atoms with Crippen LogP contribution in [0.15, 0.2) is 12.1 Å². The van der Waals surface area contributed by atoms with Crippen molar-refractivity contribution in [3.63, 3.8) is 0 Å². The summed E-state index contributed by atoms with van der Waals surface area (Å²) >= 11 is 17.5. The Morgan fingerprint density at radius 3 is 2.00 bits per heavy atom. The van der Waals surface area contributed by atoms with Gasteiger partial charge in [0, 0.05) is 11.7 Å². The lowest BCUT2D eigenvalue weighted by molar-refractivity contribution is -0.136. The van der Waals surface area contributed by atoms with Gasteiger partial charge >= 0.3 is 11.8 Å². The molecular formula is C13H15Cl3N2O2. The van der Waals surface area contributed by atoms with Gasteiger partial charge < -0.3 is 10.6 Å². The summed E-state index contributed by atoms with van der Waals surface area (Å²) in [6.45, 7) is 3.87. The van der Waals surface area contributed by atoms with Crippen LogP contribution in [0, 0.1) is 0 Å². The van der Waals surface area contributed by atoms with E-state index in [-0.39, 0.29) is 21.1 Å². The van der Waals surface area contributed by atoms with Crippen molar-refractivity contribution in [3.8, 4) is 0 Å².